The molecule has 1 aliphatic rings. The van der Waals surface area contributed by atoms with Gasteiger partial charge in [-0.15, -0.1) is 0 Å². The van der Waals surface area contributed by atoms with Gasteiger partial charge in [0.1, 0.15) is 0 Å². The van der Waals surface area contributed by atoms with E-state index in [1.54, 1.807) is 0 Å². The summed E-state index contributed by atoms with van der Waals surface area (Å²) in [5, 5.41) is 14.2. The molecule has 78 valence electrons. The predicted octanol–water partition coefficient (Wildman–Crippen LogP) is -0.139. The molecule has 0 radical (unpaired) electrons. The SMILES string of the molecule is OC1CNC(CNCC(F)(F)F)C1. The van der Waals surface area contributed by atoms with E-state index in [1.165, 1.54) is 0 Å². The summed E-state index contributed by atoms with van der Waals surface area (Å²) in [6, 6.07) is -0.0441. The number of aliphatic hydroxyl groups is 1. The Hall–Kier alpha value is -0.330. The van der Waals surface area contributed by atoms with Crippen LogP contribution in [0.25, 0.3) is 0 Å². The Bertz CT molecular complexity index is 162. The molecule has 2 unspecified atom stereocenters. The van der Waals surface area contributed by atoms with Crippen molar-refractivity contribution in [3.05, 3.63) is 0 Å². The van der Waals surface area contributed by atoms with Crippen LogP contribution in [0.5, 0.6) is 0 Å². The Kier molecular flexibility index (Phi) is 3.52. The summed E-state index contributed by atoms with van der Waals surface area (Å²) in [5.41, 5.74) is 0. The molecule has 0 aliphatic carbocycles. The van der Waals surface area contributed by atoms with Crippen LogP contribution in [0, 0.1) is 0 Å². The van der Waals surface area contributed by atoms with Crippen LogP contribution in [-0.4, -0.2) is 43.1 Å². The molecular formula is C7H13F3N2O. The van der Waals surface area contributed by atoms with E-state index in [2.05, 4.69) is 10.6 Å². The van der Waals surface area contributed by atoms with Crippen molar-refractivity contribution in [1.29, 1.82) is 0 Å². The van der Waals surface area contributed by atoms with E-state index in [9.17, 15) is 13.2 Å². The van der Waals surface area contributed by atoms with Crippen LogP contribution in [0.2, 0.25) is 0 Å². The quantitative estimate of drug-likeness (QED) is 0.591. The lowest BCUT2D eigenvalue weighted by Gasteiger charge is -2.12. The monoisotopic (exact) mass is 198 g/mol. The fourth-order valence-electron chi connectivity index (χ4n) is 1.34. The molecule has 0 bridgehead atoms. The van der Waals surface area contributed by atoms with Crippen molar-refractivity contribution in [2.75, 3.05) is 19.6 Å². The maximum atomic E-state index is 11.7. The summed E-state index contributed by atoms with van der Waals surface area (Å²) >= 11 is 0. The molecule has 3 N–H and O–H groups in total. The average molecular weight is 198 g/mol. The van der Waals surface area contributed by atoms with Crippen LogP contribution in [0.15, 0.2) is 0 Å². The zero-order valence-electron chi connectivity index (χ0n) is 7.06. The summed E-state index contributed by atoms with van der Waals surface area (Å²) in [6.45, 7) is -0.254. The number of rotatable bonds is 3. The Balaban J connectivity index is 2.07. The number of nitrogens with one attached hydrogen (secondary N) is 2. The third kappa shape index (κ3) is 4.44. The van der Waals surface area contributed by atoms with Gasteiger partial charge in [-0.25, -0.2) is 0 Å². The van der Waals surface area contributed by atoms with Gasteiger partial charge in [0.05, 0.1) is 12.6 Å². The summed E-state index contributed by atoms with van der Waals surface area (Å²) in [4.78, 5) is 0. The molecule has 2 atom stereocenters. The molecule has 3 nitrogen and oxygen atoms in total. The molecule has 0 spiro atoms. The van der Waals surface area contributed by atoms with Crippen molar-refractivity contribution in [3.8, 4) is 0 Å². The van der Waals surface area contributed by atoms with Crippen LogP contribution in [-0.2, 0) is 0 Å². The maximum Gasteiger partial charge on any atom is 0.401 e. The molecule has 1 rings (SSSR count). The first-order chi connectivity index (χ1) is 5.97. The Morgan fingerprint density at radius 3 is 2.62 bits per heavy atom. The molecular weight excluding hydrogens is 185 g/mol. The van der Waals surface area contributed by atoms with Crippen molar-refractivity contribution < 1.29 is 18.3 Å². The number of hydrogen-bond donors (Lipinski definition) is 3. The molecule has 1 heterocycles. The zero-order chi connectivity index (χ0) is 9.90. The second-order valence-corrected chi connectivity index (χ2v) is 3.24. The minimum atomic E-state index is -4.16. The third-order valence-corrected chi connectivity index (χ3v) is 1.91. The first-order valence-corrected chi connectivity index (χ1v) is 4.16. The maximum absolute atomic E-state index is 11.7. The van der Waals surface area contributed by atoms with Gasteiger partial charge >= 0.3 is 6.18 Å². The molecule has 13 heavy (non-hydrogen) atoms. The van der Waals surface area contributed by atoms with Crippen LogP contribution in [0.1, 0.15) is 6.42 Å². The van der Waals surface area contributed by atoms with Crippen LogP contribution >= 0.6 is 0 Å². The molecule has 0 saturated carbocycles. The van der Waals surface area contributed by atoms with E-state index >= 15 is 0 Å². The van der Waals surface area contributed by atoms with Gasteiger partial charge in [-0.05, 0) is 6.42 Å². The van der Waals surface area contributed by atoms with E-state index in [4.69, 9.17) is 5.11 Å². The first-order valence-electron chi connectivity index (χ1n) is 4.16. The molecule has 0 aromatic carbocycles. The fourth-order valence-corrected chi connectivity index (χ4v) is 1.34. The number of aliphatic hydroxyl groups excluding tert-OH is 1. The van der Waals surface area contributed by atoms with Crippen molar-refractivity contribution in [1.82, 2.24) is 10.6 Å². The van der Waals surface area contributed by atoms with Gasteiger partial charge in [-0.1, -0.05) is 0 Å². The standard InChI is InChI=1S/C7H13F3N2O/c8-7(9,10)4-11-2-5-1-6(13)3-12-5/h5-6,11-13H,1-4H2. The molecule has 0 amide bonds. The summed E-state index contributed by atoms with van der Waals surface area (Å²) in [6.07, 6.45) is -4.06. The third-order valence-electron chi connectivity index (χ3n) is 1.91. The topological polar surface area (TPSA) is 44.3 Å². The predicted molar refractivity (Wildman–Crippen MR) is 41.3 cm³/mol. The molecule has 1 saturated heterocycles. The van der Waals surface area contributed by atoms with E-state index < -0.39 is 18.8 Å². The largest absolute Gasteiger partial charge is 0.401 e. The van der Waals surface area contributed by atoms with Crippen LogP contribution in [0.3, 0.4) is 0 Å². The Labute approximate surface area is 74.3 Å². The highest BCUT2D eigenvalue weighted by molar-refractivity contribution is 4.82. The van der Waals surface area contributed by atoms with Gasteiger partial charge in [0.25, 0.3) is 0 Å². The molecule has 1 fully saturated rings. The second kappa shape index (κ2) is 4.26. The van der Waals surface area contributed by atoms with Crippen molar-refractivity contribution in [2.24, 2.45) is 0 Å². The van der Waals surface area contributed by atoms with Crippen LogP contribution in [0.4, 0.5) is 13.2 Å². The zero-order valence-corrected chi connectivity index (χ0v) is 7.06. The van der Waals surface area contributed by atoms with E-state index in [-0.39, 0.29) is 12.6 Å². The van der Waals surface area contributed by atoms with Gasteiger partial charge in [0.15, 0.2) is 0 Å². The highest BCUT2D eigenvalue weighted by Gasteiger charge is 2.28. The van der Waals surface area contributed by atoms with Gasteiger partial charge < -0.3 is 15.7 Å². The normalized spacial score (nSPS) is 29.5. The number of β-amino-alcohol motifs (C(OH)–C–C–N with tert-alkyl or cyclic N) is 1. The van der Waals surface area contributed by atoms with E-state index in [0.29, 0.717) is 13.0 Å². The molecule has 6 heteroatoms. The number of halogens is 3. The average Bonchev–Trinajstić information content (AvgIpc) is 2.33. The van der Waals surface area contributed by atoms with Crippen molar-refractivity contribution in [2.45, 2.75) is 24.7 Å². The van der Waals surface area contributed by atoms with E-state index in [1.807, 2.05) is 0 Å². The first kappa shape index (κ1) is 10.7. The highest BCUT2D eigenvalue weighted by atomic mass is 19.4. The van der Waals surface area contributed by atoms with Gasteiger partial charge in [0, 0.05) is 19.1 Å². The number of hydrogen-bond acceptors (Lipinski definition) is 3. The van der Waals surface area contributed by atoms with Gasteiger partial charge in [-0.3, -0.25) is 0 Å². The fraction of sp³-hybridized carbons (Fsp3) is 1.00. The van der Waals surface area contributed by atoms with Gasteiger partial charge in [0.2, 0.25) is 0 Å². The van der Waals surface area contributed by atoms with Crippen molar-refractivity contribution >= 4 is 0 Å². The lowest BCUT2D eigenvalue weighted by atomic mass is 10.2. The highest BCUT2D eigenvalue weighted by Crippen LogP contribution is 2.12. The summed E-state index contributed by atoms with van der Waals surface area (Å²) in [7, 11) is 0. The van der Waals surface area contributed by atoms with Gasteiger partial charge in [-0.2, -0.15) is 13.2 Å². The lowest BCUT2D eigenvalue weighted by Crippen LogP contribution is -2.38. The molecule has 1 aliphatic heterocycles. The Morgan fingerprint density at radius 1 is 1.46 bits per heavy atom. The second-order valence-electron chi connectivity index (χ2n) is 3.24. The Morgan fingerprint density at radius 2 is 2.15 bits per heavy atom. The summed E-state index contributed by atoms with van der Waals surface area (Å²) < 4.78 is 35.0. The number of alkyl halides is 3. The minimum absolute atomic E-state index is 0.0441. The molecule has 0 aromatic heterocycles. The van der Waals surface area contributed by atoms with Crippen LogP contribution < -0.4 is 10.6 Å². The van der Waals surface area contributed by atoms with E-state index in [0.717, 1.165) is 0 Å². The molecule has 0 aromatic rings. The minimum Gasteiger partial charge on any atom is -0.392 e. The lowest BCUT2D eigenvalue weighted by molar-refractivity contribution is -0.124. The smallest absolute Gasteiger partial charge is 0.392 e. The summed E-state index contributed by atoms with van der Waals surface area (Å²) in [5.74, 6) is 0. The van der Waals surface area contributed by atoms with Crippen molar-refractivity contribution in [3.63, 3.8) is 0 Å².